The van der Waals surface area contributed by atoms with E-state index >= 15 is 0 Å². The molecule has 1 aromatic rings. The van der Waals surface area contributed by atoms with Gasteiger partial charge in [0, 0.05) is 12.2 Å². The lowest BCUT2D eigenvalue weighted by Gasteiger charge is -2.12. The Labute approximate surface area is 110 Å². The van der Waals surface area contributed by atoms with Crippen molar-refractivity contribution in [1.82, 2.24) is 5.32 Å². The summed E-state index contributed by atoms with van der Waals surface area (Å²) in [6.45, 7) is 2.15. The van der Waals surface area contributed by atoms with Crippen LogP contribution < -0.4 is 16.4 Å². The van der Waals surface area contributed by atoms with E-state index in [1.54, 1.807) is 6.07 Å². The van der Waals surface area contributed by atoms with Gasteiger partial charge in [-0.05, 0) is 24.6 Å². The molecule has 1 heterocycles. The number of hydrogen-bond donors (Lipinski definition) is 3. The number of nitrogens with two attached hydrogens (primary N) is 1. The van der Waals surface area contributed by atoms with Crippen LogP contribution in [0.3, 0.4) is 0 Å². The maximum absolute atomic E-state index is 11.9. The van der Waals surface area contributed by atoms with Gasteiger partial charge in [-0.25, -0.2) is 0 Å². The number of benzene rings is 1. The standard InChI is InChI=1S/C13H15N3O3/c1-2-7(6-14)11(17)15-8-3-4-9-10(5-8)13(19)16-12(9)18/h3-5,7H,2,6,14H2,1H3,(H,15,17)(H,16,18,19). The average molecular weight is 261 g/mol. The van der Waals surface area contributed by atoms with Crippen LogP contribution >= 0.6 is 0 Å². The fourth-order valence-corrected chi connectivity index (χ4v) is 1.95. The van der Waals surface area contributed by atoms with Gasteiger partial charge in [0.05, 0.1) is 17.0 Å². The van der Waals surface area contributed by atoms with E-state index in [2.05, 4.69) is 10.6 Å². The van der Waals surface area contributed by atoms with Gasteiger partial charge in [-0.15, -0.1) is 0 Å². The molecule has 0 saturated heterocycles. The second-order valence-electron chi connectivity index (χ2n) is 4.37. The molecule has 1 aromatic carbocycles. The Hall–Kier alpha value is -2.21. The van der Waals surface area contributed by atoms with Crippen molar-refractivity contribution >= 4 is 23.4 Å². The number of carbonyl (C=O) groups is 3. The van der Waals surface area contributed by atoms with Crippen molar-refractivity contribution in [3.8, 4) is 0 Å². The molecule has 0 saturated carbocycles. The van der Waals surface area contributed by atoms with Gasteiger partial charge in [0.2, 0.25) is 5.91 Å². The topological polar surface area (TPSA) is 101 Å². The van der Waals surface area contributed by atoms with E-state index in [1.807, 2.05) is 6.92 Å². The summed E-state index contributed by atoms with van der Waals surface area (Å²) in [5, 5.41) is 4.90. The van der Waals surface area contributed by atoms with E-state index < -0.39 is 11.8 Å². The van der Waals surface area contributed by atoms with Crippen LogP contribution in [-0.2, 0) is 4.79 Å². The number of carbonyl (C=O) groups excluding carboxylic acids is 3. The Morgan fingerprint density at radius 1 is 1.32 bits per heavy atom. The molecule has 1 aliphatic rings. The highest BCUT2D eigenvalue weighted by Gasteiger charge is 2.27. The minimum Gasteiger partial charge on any atom is -0.330 e. The molecule has 19 heavy (non-hydrogen) atoms. The third-order valence-corrected chi connectivity index (χ3v) is 3.15. The predicted octanol–water partition coefficient (Wildman–Crippen LogP) is 0.494. The molecule has 3 amide bonds. The van der Waals surface area contributed by atoms with Crippen LogP contribution in [0.15, 0.2) is 18.2 Å². The molecule has 0 spiro atoms. The van der Waals surface area contributed by atoms with E-state index in [1.165, 1.54) is 12.1 Å². The summed E-state index contributed by atoms with van der Waals surface area (Å²) in [7, 11) is 0. The van der Waals surface area contributed by atoms with Crippen molar-refractivity contribution in [2.75, 3.05) is 11.9 Å². The molecule has 0 aromatic heterocycles. The fraction of sp³-hybridized carbons (Fsp3) is 0.308. The molecule has 6 nitrogen and oxygen atoms in total. The third-order valence-electron chi connectivity index (χ3n) is 3.15. The Morgan fingerprint density at radius 3 is 2.63 bits per heavy atom. The van der Waals surface area contributed by atoms with Gasteiger partial charge in [-0.3, -0.25) is 19.7 Å². The number of imide groups is 1. The predicted molar refractivity (Wildman–Crippen MR) is 69.7 cm³/mol. The van der Waals surface area contributed by atoms with Gasteiger partial charge in [0.25, 0.3) is 11.8 Å². The summed E-state index contributed by atoms with van der Waals surface area (Å²) in [4.78, 5) is 34.7. The molecule has 0 aliphatic carbocycles. The van der Waals surface area contributed by atoms with E-state index in [-0.39, 0.29) is 23.9 Å². The molecule has 4 N–H and O–H groups in total. The Bertz CT molecular complexity index is 550. The lowest BCUT2D eigenvalue weighted by molar-refractivity contribution is -0.119. The van der Waals surface area contributed by atoms with Crippen molar-refractivity contribution in [2.24, 2.45) is 11.7 Å². The number of amides is 3. The minimum atomic E-state index is -0.443. The number of hydrogen-bond acceptors (Lipinski definition) is 4. The van der Waals surface area contributed by atoms with Crippen LogP contribution in [0.1, 0.15) is 34.1 Å². The summed E-state index contributed by atoms with van der Waals surface area (Å²) in [5.41, 5.74) is 6.59. The van der Waals surface area contributed by atoms with Gasteiger partial charge in [-0.2, -0.15) is 0 Å². The summed E-state index contributed by atoms with van der Waals surface area (Å²) in [5.74, 6) is -1.30. The van der Waals surface area contributed by atoms with Gasteiger partial charge in [0.15, 0.2) is 0 Å². The van der Waals surface area contributed by atoms with Crippen molar-refractivity contribution in [2.45, 2.75) is 13.3 Å². The van der Waals surface area contributed by atoms with Crippen molar-refractivity contribution in [1.29, 1.82) is 0 Å². The molecule has 2 rings (SSSR count). The van der Waals surface area contributed by atoms with Crippen LogP contribution in [0.4, 0.5) is 5.69 Å². The molecular weight excluding hydrogens is 246 g/mol. The minimum absolute atomic E-state index is 0.185. The lowest BCUT2D eigenvalue weighted by atomic mass is 10.1. The SMILES string of the molecule is CCC(CN)C(=O)Nc1ccc2c(c1)C(=O)NC2=O. The van der Waals surface area contributed by atoms with E-state index in [0.29, 0.717) is 17.7 Å². The highest BCUT2D eigenvalue weighted by Crippen LogP contribution is 2.20. The highest BCUT2D eigenvalue weighted by molar-refractivity contribution is 6.22. The Morgan fingerprint density at radius 2 is 2.00 bits per heavy atom. The van der Waals surface area contributed by atoms with E-state index in [4.69, 9.17) is 5.73 Å². The Kier molecular flexibility index (Phi) is 3.62. The lowest BCUT2D eigenvalue weighted by Crippen LogP contribution is -2.28. The maximum atomic E-state index is 11.9. The largest absolute Gasteiger partial charge is 0.330 e. The summed E-state index contributed by atoms with van der Waals surface area (Å²) >= 11 is 0. The number of nitrogens with one attached hydrogen (secondary N) is 2. The fourth-order valence-electron chi connectivity index (χ4n) is 1.95. The second kappa shape index (κ2) is 5.19. The van der Waals surface area contributed by atoms with Gasteiger partial charge in [0.1, 0.15) is 0 Å². The first-order valence-electron chi connectivity index (χ1n) is 6.07. The quantitative estimate of drug-likeness (QED) is 0.687. The molecule has 1 atom stereocenters. The van der Waals surface area contributed by atoms with Crippen molar-refractivity contribution in [3.05, 3.63) is 29.3 Å². The van der Waals surface area contributed by atoms with E-state index in [0.717, 1.165) is 0 Å². The summed E-state index contributed by atoms with van der Waals surface area (Å²) in [6, 6.07) is 4.61. The summed E-state index contributed by atoms with van der Waals surface area (Å²) < 4.78 is 0. The first-order chi connectivity index (χ1) is 9.06. The monoisotopic (exact) mass is 261 g/mol. The van der Waals surface area contributed by atoms with E-state index in [9.17, 15) is 14.4 Å². The van der Waals surface area contributed by atoms with Gasteiger partial charge < -0.3 is 11.1 Å². The zero-order valence-electron chi connectivity index (χ0n) is 10.5. The first kappa shape index (κ1) is 13.2. The average Bonchev–Trinajstić information content (AvgIpc) is 2.66. The summed E-state index contributed by atoms with van der Waals surface area (Å²) in [6.07, 6.45) is 0.645. The first-order valence-corrected chi connectivity index (χ1v) is 6.07. The van der Waals surface area contributed by atoms with Crippen LogP contribution in [0.25, 0.3) is 0 Å². The third kappa shape index (κ3) is 2.48. The van der Waals surface area contributed by atoms with Gasteiger partial charge >= 0.3 is 0 Å². The van der Waals surface area contributed by atoms with Crippen LogP contribution in [0, 0.1) is 5.92 Å². The molecule has 6 heteroatoms. The molecule has 1 unspecified atom stereocenters. The smallest absolute Gasteiger partial charge is 0.259 e. The van der Waals surface area contributed by atoms with Crippen molar-refractivity contribution < 1.29 is 14.4 Å². The maximum Gasteiger partial charge on any atom is 0.259 e. The number of rotatable bonds is 4. The number of anilines is 1. The molecule has 1 aliphatic heterocycles. The van der Waals surface area contributed by atoms with Crippen LogP contribution in [0.5, 0.6) is 0 Å². The van der Waals surface area contributed by atoms with Crippen LogP contribution in [0.2, 0.25) is 0 Å². The zero-order valence-corrected chi connectivity index (χ0v) is 10.5. The molecular formula is C13H15N3O3. The molecule has 0 bridgehead atoms. The normalized spacial score (nSPS) is 14.8. The van der Waals surface area contributed by atoms with Gasteiger partial charge in [-0.1, -0.05) is 6.92 Å². The highest BCUT2D eigenvalue weighted by atomic mass is 16.2. The number of fused-ring (bicyclic) bond motifs is 1. The molecule has 0 fully saturated rings. The molecule has 100 valence electrons. The van der Waals surface area contributed by atoms with Crippen molar-refractivity contribution in [3.63, 3.8) is 0 Å². The second-order valence-corrected chi connectivity index (χ2v) is 4.37. The Balaban J connectivity index is 2.20. The van der Waals surface area contributed by atoms with Crippen LogP contribution in [-0.4, -0.2) is 24.3 Å². The zero-order chi connectivity index (χ0) is 14.0. The molecule has 0 radical (unpaired) electrons.